The fourth-order valence-corrected chi connectivity index (χ4v) is 2.24. The number of hydrogen-bond acceptors (Lipinski definition) is 8. The Kier molecular flexibility index (Phi) is 4.02. The molecule has 0 aromatic heterocycles. The summed E-state index contributed by atoms with van der Waals surface area (Å²) in [5.74, 6) is -1.49. The molecule has 1 aliphatic heterocycles. The summed E-state index contributed by atoms with van der Waals surface area (Å²) in [6.07, 6.45) is -7.32. The first-order valence-corrected chi connectivity index (χ1v) is 5.92. The third kappa shape index (κ3) is 2.39. The van der Waals surface area contributed by atoms with Crippen molar-refractivity contribution in [2.45, 2.75) is 30.5 Å². The van der Waals surface area contributed by atoms with Gasteiger partial charge in [-0.3, -0.25) is 0 Å². The number of benzene rings is 1. The van der Waals surface area contributed by atoms with Gasteiger partial charge in [0.15, 0.2) is 0 Å². The zero-order chi connectivity index (χ0) is 15.0. The zero-order valence-corrected chi connectivity index (χ0v) is 10.3. The summed E-state index contributed by atoms with van der Waals surface area (Å²) in [5, 5.41) is 67.0. The Hall–Kier alpha value is -1.58. The first-order chi connectivity index (χ1) is 9.36. The fraction of sp³-hybridized carbons (Fsp3) is 0.500. The summed E-state index contributed by atoms with van der Waals surface area (Å²) in [7, 11) is 0. The molecule has 112 valence electrons. The van der Waals surface area contributed by atoms with E-state index in [4.69, 9.17) is 9.84 Å². The molecular weight excluding hydrogens is 272 g/mol. The van der Waals surface area contributed by atoms with E-state index in [2.05, 4.69) is 0 Å². The van der Waals surface area contributed by atoms with E-state index in [-0.39, 0.29) is 5.56 Å². The molecule has 1 aromatic rings. The van der Waals surface area contributed by atoms with Gasteiger partial charge >= 0.3 is 0 Å². The van der Waals surface area contributed by atoms with Crippen molar-refractivity contribution in [2.24, 2.45) is 0 Å². The van der Waals surface area contributed by atoms with Crippen molar-refractivity contribution in [3.05, 3.63) is 17.7 Å². The summed E-state index contributed by atoms with van der Waals surface area (Å²) in [4.78, 5) is 0. The van der Waals surface area contributed by atoms with E-state index in [0.717, 1.165) is 12.1 Å². The van der Waals surface area contributed by atoms with Gasteiger partial charge in [-0.05, 0) is 0 Å². The Balaban J connectivity index is 2.41. The highest BCUT2D eigenvalue weighted by molar-refractivity contribution is 5.50. The van der Waals surface area contributed by atoms with Crippen LogP contribution in [0.5, 0.6) is 17.2 Å². The molecule has 0 radical (unpaired) electrons. The highest BCUT2D eigenvalue weighted by Crippen LogP contribution is 2.42. The molecule has 2 rings (SSSR count). The Morgan fingerprint density at radius 3 is 1.95 bits per heavy atom. The maximum absolute atomic E-state index is 9.89. The van der Waals surface area contributed by atoms with E-state index in [1.165, 1.54) is 0 Å². The van der Waals surface area contributed by atoms with Crippen LogP contribution in [0.4, 0.5) is 0 Å². The average molecular weight is 288 g/mol. The number of rotatable bonds is 2. The summed E-state index contributed by atoms with van der Waals surface area (Å²) >= 11 is 0. The summed E-state index contributed by atoms with van der Waals surface area (Å²) in [6, 6.07) is 1.85. The molecule has 20 heavy (non-hydrogen) atoms. The van der Waals surface area contributed by atoms with Crippen LogP contribution in [0.3, 0.4) is 0 Å². The van der Waals surface area contributed by atoms with Gasteiger partial charge in [0.05, 0.1) is 12.2 Å². The number of ether oxygens (including phenoxy) is 1. The van der Waals surface area contributed by atoms with Gasteiger partial charge in [0.1, 0.15) is 47.8 Å². The zero-order valence-electron chi connectivity index (χ0n) is 10.3. The van der Waals surface area contributed by atoms with E-state index in [1.54, 1.807) is 0 Å². The molecular formula is C12H16O8. The highest BCUT2D eigenvalue weighted by Gasteiger charge is 2.45. The lowest BCUT2D eigenvalue weighted by Crippen LogP contribution is -2.55. The van der Waals surface area contributed by atoms with Crippen LogP contribution in [-0.2, 0) is 4.74 Å². The van der Waals surface area contributed by atoms with E-state index in [9.17, 15) is 30.6 Å². The van der Waals surface area contributed by atoms with Gasteiger partial charge in [-0.15, -0.1) is 0 Å². The van der Waals surface area contributed by atoms with Crippen LogP contribution in [0.15, 0.2) is 12.1 Å². The van der Waals surface area contributed by atoms with Crippen LogP contribution >= 0.6 is 0 Å². The van der Waals surface area contributed by atoms with Crippen LogP contribution in [0, 0.1) is 0 Å². The van der Waals surface area contributed by atoms with E-state index in [1.807, 2.05) is 0 Å². The van der Waals surface area contributed by atoms with E-state index < -0.39 is 54.4 Å². The molecule has 1 aliphatic rings. The van der Waals surface area contributed by atoms with Crippen molar-refractivity contribution in [1.29, 1.82) is 0 Å². The molecule has 1 heterocycles. The highest BCUT2D eigenvalue weighted by atomic mass is 16.5. The minimum absolute atomic E-state index is 0.250. The Labute approximate surface area is 113 Å². The van der Waals surface area contributed by atoms with Crippen molar-refractivity contribution in [1.82, 2.24) is 0 Å². The van der Waals surface area contributed by atoms with Gasteiger partial charge in [-0.25, -0.2) is 0 Å². The molecule has 7 N–H and O–H groups in total. The van der Waals surface area contributed by atoms with Crippen molar-refractivity contribution in [3.63, 3.8) is 0 Å². The standard InChI is InChI=1S/C12H16O8/c13-3-7-9(17)10(18)11(19)12(20-7)8-5(15)1-4(14)2-6(8)16/h1-2,7,9-19H,3H2. The molecule has 1 aromatic carbocycles. The van der Waals surface area contributed by atoms with Gasteiger partial charge in [-0.1, -0.05) is 0 Å². The van der Waals surface area contributed by atoms with Crippen molar-refractivity contribution in [3.8, 4) is 17.2 Å². The molecule has 0 spiro atoms. The maximum atomic E-state index is 9.89. The third-order valence-corrected chi connectivity index (χ3v) is 3.30. The molecule has 5 atom stereocenters. The Bertz CT molecular complexity index is 465. The smallest absolute Gasteiger partial charge is 0.128 e. The largest absolute Gasteiger partial charge is 0.508 e. The first-order valence-electron chi connectivity index (χ1n) is 5.92. The lowest BCUT2D eigenvalue weighted by Gasteiger charge is -2.40. The quantitative estimate of drug-likeness (QED) is 0.341. The van der Waals surface area contributed by atoms with Crippen LogP contribution in [0.25, 0.3) is 0 Å². The van der Waals surface area contributed by atoms with Crippen molar-refractivity contribution in [2.75, 3.05) is 6.61 Å². The van der Waals surface area contributed by atoms with Gasteiger partial charge in [0.25, 0.3) is 0 Å². The number of aliphatic hydroxyl groups excluding tert-OH is 4. The van der Waals surface area contributed by atoms with Gasteiger partial charge in [0, 0.05) is 12.1 Å². The van der Waals surface area contributed by atoms with Crippen molar-refractivity contribution < 1.29 is 40.5 Å². The predicted molar refractivity (Wildman–Crippen MR) is 64.2 cm³/mol. The van der Waals surface area contributed by atoms with Crippen LogP contribution in [0.2, 0.25) is 0 Å². The third-order valence-electron chi connectivity index (χ3n) is 3.30. The normalized spacial score (nSPS) is 34.1. The summed E-state index contributed by atoms with van der Waals surface area (Å²) in [6.45, 7) is -0.624. The van der Waals surface area contributed by atoms with Crippen molar-refractivity contribution >= 4 is 0 Å². The van der Waals surface area contributed by atoms with E-state index in [0.29, 0.717) is 0 Å². The minimum Gasteiger partial charge on any atom is -0.508 e. The minimum atomic E-state index is -1.63. The monoisotopic (exact) mass is 288 g/mol. The second-order valence-electron chi connectivity index (χ2n) is 4.65. The molecule has 8 heteroatoms. The van der Waals surface area contributed by atoms with Gasteiger partial charge < -0.3 is 40.5 Å². The number of aromatic hydroxyl groups is 3. The maximum Gasteiger partial charge on any atom is 0.128 e. The van der Waals surface area contributed by atoms with E-state index >= 15 is 0 Å². The average Bonchev–Trinajstić information content (AvgIpc) is 2.37. The Morgan fingerprint density at radius 2 is 1.45 bits per heavy atom. The number of hydrogen-bond donors (Lipinski definition) is 7. The number of aliphatic hydroxyl groups is 4. The lowest BCUT2D eigenvalue weighted by atomic mass is 9.90. The van der Waals surface area contributed by atoms with Crippen LogP contribution < -0.4 is 0 Å². The number of phenolic OH excluding ortho intramolecular Hbond substituents is 3. The lowest BCUT2D eigenvalue weighted by molar-refractivity contribution is -0.232. The van der Waals surface area contributed by atoms with Crippen LogP contribution in [0.1, 0.15) is 11.7 Å². The molecule has 1 saturated heterocycles. The molecule has 0 amide bonds. The first kappa shape index (κ1) is 14.8. The molecule has 5 unspecified atom stereocenters. The molecule has 1 fully saturated rings. The molecule has 0 bridgehead atoms. The molecule has 8 nitrogen and oxygen atoms in total. The molecule has 0 saturated carbocycles. The van der Waals surface area contributed by atoms with Gasteiger partial charge in [-0.2, -0.15) is 0 Å². The second kappa shape index (κ2) is 5.43. The summed E-state index contributed by atoms with van der Waals surface area (Å²) in [5.41, 5.74) is -0.250. The molecule has 0 aliphatic carbocycles. The number of phenols is 3. The topological polar surface area (TPSA) is 151 Å². The van der Waals surface area contributed by atoms with Gasteiger partial charge in [0.2, 0.25) is 0 Å². The predicted octanol–water partition coefficient (Wildman–Crippen LogP) is -1.68. The summed E-state index contributed by atoms with van der Waals surface area (Å²) < 4.78 is 5.21. The Morgan fingerprint density at radius 1 is 0.900 bits per heavy atom. The second-order valence-corrected chi connectivity index (χ2v) is 4.65. The fourth-order valence-electron chi connectivity index (χ4n) is 2.24. The van der Waals surface area contributed by atoms with Crippen LogP contribution in [-0.4, -0.2) is 66.8 Å². The SMILES string of the molecule is OCC1OC(c2c(O)cc(O)cc2O)C(O)C(O)C1O.